The summed E-state index contributed by atoms with van der Waals surface area (Å²) in [5.74, 6) is 0. The van der Waals surface area contributed by atoms with Crippen LogP contribution in [0.15, 0.2) is 30.3 Å². The molecule has 1 atom stereocenters. The summed E-state index contributed by atoms with van der Waals surface area (Å²) < 4.78 is 15.1. The highest BCUT2D eigenvalue weighted by molar-refractivity contribution is 5.52. The van der Waals surface area contributed by atoms with E-state index in [9.17, 15) is 10.2 Å². The Morgan fingerprint density at radius 1 is 1.35 bits per heavy atom. The van der Waals surface area contributed by atoms with Crippen LogP contribution in [0.5, 0.6) is 0 Å². The van der Waals surface area contributed by atoms with Gasteiger partial charge >= 0.3 is 0 Å². The Bertz CT molecular complexity index is 514. The smallest absolute Gasteiger partial charge is 0.0830 e. The fraction of sp³-hybridized carbons (Fsp3) is 0.556. The normalized spacial score (nSPS) is 22.4. The summed E-state index contributed by atoms with van der Waals surface area (Å²) in [4.78, 5) is 0. The van der Waals surface area contributed by atoms with Crippen molar-refractivity contribution in [1.29, 1.82) is 0 Å². The van der Waals surface area contributed by atoms with E-state index < -0.39 is 18.1 Å². The summed E-state index contributed by atoms with van der Waals surface area (Å²) in [5, 5.41) is 20.6. The molecule has 0 heterocycles. The van der Waals surface area contributed by atoms with Crippen molar-refractivity contribution in [2.75, 3.05) is 0 Å². The second kappa shape index (κ2) is 7.05. The third-order valence-corrected chi connectivity index (χ3v) is 4.00. The summed E-state index contributed by atoms with van der Waals surface area (Å²) in [6, 6.07) is 7.45. The molecule has 1 unspecified atom stereocenters. The molecule has 0 amide bonds. The van der Waals surface area contributed by atoms with Crippen LogP contribution in [0.25, 0.3) is 6.08 Å². The maximum absolute atomic E-state index is 10.5. The van der Waals surface area contributed by atoms with Gasteiger partial charge in [0, 0.05) is 2.74 Å². The van der Waals surface area contributed by atoms with Crippen molar-refractivity contribution in [1.82, 2.24) is 0 Å². The summed E-state index contributed by atoms with van der Waals surface area (Å²) in [5.41, 5.74) is 0.934. The molecule has 0 aliphatic heterocycles. The van der Waals surface area contributed by atoms with E-state index in [-0.39, 0.29) is 6.42 Å². The minimum atomic E-state index is -1.40. The Labute approximate surface area is 125 Å². The molecule has 0 saturated heterocycles. The van der Waals surface area contributed by atoms with Crippen LogP contribution in [0.3, 0.4) is 0 Å². The molecule has 1 saturated carbocycles. The average molecular weight is 276 g/mol. The Kier molecular flexibility index (Phi) is 4.44. The highest BCUT2D eigenvalue weighted by atomic mass is 16.3. The van der Waals surface area contributed by atoms with E-state index in [0.717, 1.165) is 31.2 Å². The van der Waals surface area contributed by atoms with Gasteiger partial charge in [-0.05, 0) is 36.5 Å². The average Bonchev–Trinajstić information content (AvgIpc) is 2.45. The van der Waals surface area contributed by atoms with Gasteiger partial charge in [-0.1, -0.05) is 62.9 Å². The Morgan fingerprint density at radius 2 is 2.10 bits per heavy atom. The number of aliphatic hydroxyl groups excluding tert-OH is 1. The van der Waals surface area contributed by atoms with Gasteiger partial charge in [0.1, 0.15) is 0 Å². The van der Waals surface area contributed by atoms with Crippen molar-refractivity contribution < 1.29 is 13.0 Å². The minimum Gasteiger partial charge on any atom is -0.388 e. The fourth-order valence-corrected chi connectivity index (χ4v) is 2.76. The highest BCUT2D eigenvalue weighted by Crippen LogP contribution is 2.30. The molecule has 1 aromatic rings. The van der Waals surface area contributed by atoms with Crippen molar-refractivity contribution >= 4 is 6.08 Å². The topological polar surface area (TPSA) is 40.5 Å². The van der Waals surface area contributed by atoms with Crippen LogP contribution in [0.1, 0.15) is 71.8 Å². The summed E-state index contributed by atoms with van der Waals surface area (Å²) in [7, 11) is 0. The van der Waals surface area contributed by atoms with Gasteiger partial charge in [0.25, 0.3) is 0 Å². The van der Waals surface area contributed by atoms with E-state index in [2.05, 4.69) is 0 Å². The molecular weight excluding hydrogens is 248 g/mol. The number of hydrogen-bond acceptors (Lipinski definition) is 2. The molecule has 1 aliphatic rings. The van der Waals surface area contributed by atoms with Gasteiger partial charge in [-0.25, -0.2) is 0 Å². The van der Waals surface area contributed by atoms with E-state index in [0.29, 0.717) is 5.56 Å². The second-order valence-electron chi connectivity index (χ2n) is 5.74. The van der Waals surface area contributed by atoms with Crippen LogP contribution in [0.2, 0.25) is 0 Å². The van der Waals surface area contributed by atoms with E-state index >= 15 is 0 Å². The quantitative estimate of drug-likeness (QED) is 0.845. The van der Waals surface area contributed by atoms with Crippen LogP contribution in [0, 0.1) is 0 Å². The summed E-state index contributed by atoms with van der Waals surface area (Å²) >= 11 is 0. The molecule has 2 rings (SSSR count). The standard InChI is InChI=1S/C18H26O2/c1-2-7-17(19)16-9-6-8-15(14-16)10-13-18(20)11-4-3-5-12-18/h6,8-10,13-14,17,19-20H,2-5,7,11-12H2,1H3/b13-10+/i2D2. The molecule has 0 radical (unpaired) electrons. The predicted octanol–water partition coefficient (Wildman–Crippen LogP) is 4.23. The molecule has 20 heavy (non-hydrogen) atoms. The van der Waals surface area contributed by atoms with E-state index in [1.54, 1.807) is 0 Å². The van der Waals surface area contributed by atoms with Gasteiger partial charge in [-0.15, -0.1) is 0 Å². The molecule has 0 spiro atoms. The largest absolute Gasteiger partial charge is 0.388 e. The zero-order valence-corrected chi connectivity index (χ0v) is 12.2. The third kappa shape index (κ3) is 4.19. The number of benzene rings is 1. The lowest BCUT2D eigenvalue weighted by atomic mass is 9.84. The van der Waals surface area contributed by atoms with Gasteiger partial charge in [0.15, 0.2) is 0 Å². The Balaban J connectivity index is 2.08. The van der Waals surface area contributed by atoms with Crippen molar-refractivity contribution in [3.05, 3.63) is 41.5 Å². The first-order valence-electron chi connectivity index (χ1n) is 8.47. The van der Waals surface area contributed by atoms with Crippen LogP contribution >= 0.6 is 0 Å². The third-order valence-electron chi connectivity index (χ3n) is 4.00. The molecular formula is C18H26O2. The van der Waals surface area contributed by atoms with Gasteiger partial charge < -0.3 is 10.2 Å². The highest BCUT2D eigenvalue weighted by Gasteiger charge is 2.25. The first-order chi connectivity index (χ1) is 10.3. The van der Waals surface area contributed by atoms with Crippen LogP contribution in [0.4, 0.5) is 0 Å². The van der Waals surface area contributed by atoms with Crippen LogP contribution in [-0.2, 0) is 0 Å². The Morgan fingerprint density at radius 3 is 2.80 bits per heavy atom. The van der Waals surface area contributed by atoms with Crippen molar-refractivity contribution in [3.8, 4) is 0 Å². The second-order valence-corrected chi connectivity index (χ2v) is 5.74. The Hall–Kier alpha value is -1.12. The number of rotatable bonds is 5. The van der Waals surface area contributed by atoms with Crippen LogP contribution < -0.4 is 0 Å². The molecule has 2 nitrogen and oxygen atoms in total. The predicted molar refractivity (Wildman–Crippen MR) is 83.4 cm³/mol. The molecule has 1 aliphatic carbocycles. The molecule has 1 aromatic carbocycles. The monoisotopic (exact) mass is 276 g/mol. The maximum atomic E-state index is 10.5. The van der Waals surface area contributed by atoms with E-state index in [4.69, 9.17) is 2.74 Å². The number of aliphatic hydroxyl groups is 2. The molecule has 0 aromatic heterocycles. The lowest BCUT2D eigenvalue weighted by Gasteiger charge is -2.28. The van der Waals surface area contributed by atoms with Gasteiger partial charge in [-0.2, -0.15) is 0 Å². The van der Waals surface area contributed by atoms with Crippen LogP contribution in [-0.4, -0.2) is 15.8 Å². The van der Waals surface area contributed by atoms with Crippen molar-refractivity contribution in [2.45, 2.75) is 63.5 Å². The summed E-state index contributed by atoms with van der Waals surface area (Å²) in [6.45, 7) is 1.47. The fourth-order valence-electron chi connectivity index (χ4n) is 2.76. The van der Waals surface area contributed by atoms with Gasteiger partial charge in [0.05, 0.1) is 11.7 Å². The van der Waals surface area contributed by atoms with E-state index in [1.165, 1.54) is 13.3 Å². The maximum Gasteiger partial charge on any atom is 0.0830 e. The zero-order valence-electron chi connectivity index (χ0n) is 14.2. The van der Waals surface area contributed by atoms with E-state index in [1.807, 2.05) is 36.4 Å². The first kappa shape index (κ1) is 12.6. The molecule has 110 valence electrons. The lowest BCUT2D eigenvalue weighted by Crippen LogP contribution is -2.28. The first-order valence-corrected chi connectivity index (χ1v) is 7.47. The van der Waals surface area contributed by atoms with Gasteiger partial charge in [0.2, 0.25) is 0 Å². The molecule has 0 bridgehead atoms. The lowest BCUT2D eigenvalue weighted by molar-refractivity contribution is 0.0521. The molecule has 2 N–H and O–H groups in total. The zero-order chi connectivity index (χ0) is 16.2. The minimum absolute atomic E-state index is 0.0735. The molecule has 1 fully saturated rings. The van der Waals surface area contributed by atoms with Crippen molar-refractivity contribution in [3.63, 3.8) is 0 Å². The summed E-state index contributed by atoms with van der Waals surface area (Å²) in [6.07, 6.45) is 6.56. The number of hydrogen-bond donors (Lipinski definition) is 2. The van der Waals surface area contributed by atoms with Crippen molar-refractivity contribution in [2.24, 2.45) is 0 Å². The molecule has 2 heteroatoms. The van der Waals surface area contributed by atoms with Gasteiger partial charge in [-0.3, -0.25) is 0 Å². The SMILES string of the molecule is [2H]C([2H])(C)CC(O)c1cccc(/C=C/C2(O)CCCCC2)c1.